The summed E-state index contributed by atoms with van der Waals surface area (Å²) in [7, 11) is 3.22. The number of carbonyl (C=O) groups is 1. The fourth-order valence-electron chi connectivity index (χ4n) is 2.28. The highest BCUT2D eigenvalue weighted by Crippen LogP contribution is 2.32. The Kier molecular flexibility index (Phi) is 6.31. The van der Waals surface area contributed by atoms with Crippen molar-refractivity contribution in [3.63, 3.8) is 0 Å². The van der Waals surface area contributed by atoms with Crippen LogP contribution in [-0.4, -0.2) is 26.7 Å². The number of para-hydroxylation sites is 3. The van der Waals surface area contributed by atoms with Crippen molar-refractivity contribution in [2.24, 2.45) is 5.73 Å². The van der Waals surface area contributed by atoms with Gasteiger partial charge in [-0.25, -0.2) is 0 Å². The van der Waals surface area contributed by atoms with Gasteiger partial charge in [0.05, 0.1) is 32.9 Å². The van der Waals surface area contributed by atoms with Crippen LogP contribution in [0.1, 0.15) is 12.0 Å². The first-order chi connectivity index (χ1) is 11.7. The number of hydrogen-bond acceptors (Lipinski definition) is 5. The third-order valence-electron chi connectivity index (χ3n) is 3.45. The smallest absolute Gasteiger partial charge is 0.220 e. The summed E-state index contributed by atoms with van der Waals surface area (Å²) in [5.74, 6) is 1.66. The average molecular weight is 330 g/mol. The molecular formula is C18H22N2O4. The van der Waals surface area contributed by atoms with Gasteiger partial charge in [-0.1, -0.05) is 24.3 Å². The van der Waals surface area contributed by atoms with E-state index in [-0.39, 0.29) is 18.9 Å². The van der Waals surface area contributed by atoms with Gasteiger partial charge in [0.15, 0.2) is 11.5 Å². The number of benzene rings is 2. The van der Waals surface area contributed by atoms with Crippen LogP contribution in [0.25, 0.3) is 0 Å². The molecule has 24 heavy (non-hydrogen) atoms. The van der Waals surface area contributed by atoms with Crippen LogP contribution in [0.15, 0.2) is 42.5 Å². The van der Waals surface area contributed by atoms with Crippen LogP contribution in [-0.2, 0) is 11.3 Å². The second-order valence-electron chi connectivity index (χ2n) is 5.07. The molecule has 0 spiro atoms. The van der Waals surface area contributed by atoms with Crippen molar-refractivity contribution < 1.29 is 19.0 Å². The third kappa shape index (κ3) is 4.55. The van der Waals surface area contributed by atoms with Crippen molar-refractivity contribution in [1.29, 1.82) is 0 Å². The minimum Gasteiger partial charge on any atom is -0.493 e. The molecule has 2 aromatic rings. The molecule has 2 rings (SSSR count). The second kappa shape index (κ2) is 8.67. The quantitative estimate of drug-likeness (QED) is 0.738. The van der Waals surface area contributed by atoms with E-state index in [1.807, 2.05) is 42.5 Å². The topological polar surface area (TPSA) is 82.8 Å². The summed E-state index contributed by atoms with van der Waals surface area (Å²) in [5.41, 5.74) is 6.92. The Balaban J connectivity index is 2.08. The summed E-state index contributed by atoms with van der Waals surface area (Å²) in [6.45, 7) is 0.785. The van der Waals surface area contributed by atoms with Crippen molar-refractivity contribution in [1.82, 2.24) is 0 Å². The monoisotopic (exact) mass is 330 g/mol. The van der Waals surface area contributed by atoms with E-state index in [2.05, 4.69) is 5.32 Å². The molecular weight excluding hydrogens is 308 g/mol. The lowest BCUT2D eigenvalue weighted by Crippen LogP contribution is -2.15. The fraction of sp³-hybridized carbons (Fsp3) is 0.278. The standard InChI is InChI=1S/C18H22N2O4/c1-22-16-9-5-6-13(18(16)23-2)12-20-14-7-3-4-8-15(14)24-11-10-17(19)21/h3-9,20H,10-12H2,1-2H3,(H2,19,21). The van der Waals surface area contributed by atoms with Crippen LogP contribution >= 0.6 is 0 Å². The minimum absolute atomic E-state index is 0.179. The second-order valence-corrected chi connectivity index (χ2v) is 5.07. The lowest BCUT2D eigenvalue weighted by molar-refractivity contribution is -0.118. The van der Waals surface area contributed by atoms with Gasteiger partial charge in [-0.3, -0.25) is 4.79 Å². The molecule has 2 aromatic carbocycles. The largest absolute Gasteiger partial charge is 0.493 e. The number of carbonyl (C=O) groups excluding carboxylic acids is 1. The van der Waals surface area contributed by atoms with Gasteiger partial charge < -0.3 is 25.3 Å². The van der Waals surface area contributed by atoms with Crippen LogP contribution in [0, 0.1) is 0 Å². The molecule has 3 N–H and O–H groups in total. The molecule has 0 radical (unpaired) electrons. The summed E-state index contributed by atoms with van der Waals surface area (Å²) < 4.78 is 16.4. The molecule has 0 bridgehead atoms. The molecule has 1 amide bonds. The Labute approximate surface area is 141 Å². The zero-order chi connectivity index (χ0) is 17.4. The summed E-state index contributed by atoms with van der Waals surface area (Å²) >= 11 is 0. The van der Waals surface area contributed by atoms with Gasteiger partial charge in [0.1, 0.15) is 5.75 Å². The summed E-state index contributed by atoms with van der Waals surface area (Å²) in [6, 6.07) is 13.3. The minimum atomic E-state index is -0.387. The maximum atomic E-state index is 10.8. The maximum absolute atomic E-state index is 10.8. The molecule has 6 heteroatoms. The predicted molar refractivity (Wildman–Crippen MR) is 92.6 cm³/mol. The Hall–Kier alpha value is -2.89. The van der Waals surface area contributed by atoms with Crippen LogP contribution in [0.2, 0.25) is 0 Å². The highest BCUT2D eigenvalue weighted by atomic mass is 16.5. The van der Waals surface area contributed by atoms with Gasteiger partial charge in [0, 0.05) is 12.1 Å². The Morgan fingerprint density at radius 3 is 2.50 bits per heavy atom. The summed E-state index contributed by atoms with van der Waals surface area (Å²) in [5, 5.41) is 3.32. The highest BCUT2D eigenvalue weighted by molar-refractivity contribution is 5.73. The molecule has 0 heterocycles. The van der Waals surface area contributed by atoms with Crippen LogP contribution in [0.4, 0.5) is 5.69 Å². The number of nitrogens with two attached hydrogens (primary N) is 1. The number of hydrogen-bond donors (Lipinski definition) is 2. The van der Waals surface area contributed by atoms with E-state index in [0.29, 0.717) is 23.8 Å². The van der Waals surface area contributed by atoms with E-state index in [4.69, 9.17) is 19.9 Å². The lowest BCUT2D eigenvalue weighted by Gasteiger charge is -2.15. The number of amides is 1. The Morgan fingerprint density at radius 1 is 1.04 bits per heavy atom. The highest BCUT2D eigenvalue weighted by Gasteiger charge is 2.10. The average Bonchev–Trinajstić information content (AvgIpc) is 2.60. The number of methoxy groups -OCH3 is 2. The molecule has 0 aliphatic carbocycles. The molecule has 0 aliphatic heterocycles. The molecule has 128 valence electrons. The van der Waals surface area contributed by atoms with E-state index < -0.39 is 0 Å². The lowest BCUT2D eigenvalue weighted by atomic mass is 10.1. The summed E-state index contributed by atoms with van der Waals surface area (Å²) in [4.78, 5) is 10.8. The summed E-state index contributed by atoms with van der Waals surface area (Å²) in [6.07, 6.45) is 0.179. The molecule has 0 aliphatic rings. The van der Waals surface area contributed by atoms with Gasteiger partial charge in [-0.15, -0.1) is 0 Å². The van der Waals surface area contributed by atoms with E-state index >= 15 is 0 Å². The van der Waals surface area contributed by atoms with Gasteiger partial charge >= 0.3 is 0 Å². The first kappa shape index (κ1) is 17.5. The van der Waals surface area contributed by atoms with Crippen molar-refractivity contribution in [3.8, 4) is 17.2 Å². The van der Waals surface area contributed by atoms with Crippen LogP contribution in [0.5, 0.6) is 17.2 Å². The fourth-order valence-corrected chi connectivity index (χ4v) is 2.28. The molecule has 6 nitrogen and oxygen atoms in total. The zero-order valence-corrected chi connectivity index (χ0v) is 13.9. The van der Waals surface area contributed by atoms with Gasteiger partial charge in [0.2, 0.25) is 5.91 Å². The number of anilines is 1. The number of rotatable bonds is 9. The molecule has 0 aromatic heterocycles. The third-order valence-corrected chi connectivity index (χ3v) is 3.45. The van der Waals surface area contributed by atoms with Crippen molar-refractivity contribution in [2.75, 3.05) is 26.1 Å². The maximum Gasteiger partial charge on any atom is 0.220 e. The molecule has 0 fully saturated rings. The van der Waals surface area contributed by atoms with E-state index in [0.717, 1.165) is 11.3 Å². The van der Waals surface area contributed by atoms with Crippen molar-refractivity contribution in [2.45, 2.75) is 13.0 Å². The number of nitrogens with one attached hydrogen (secondary N) is 1. The van der Waals surface area contributed by atoms with Gasteiger partial charge in [-0.05, 0) is 18.2 Å². The van der Waals surface area contributed by atoms with E-state index in [1.165, 1.54) is 0 Å². The molecule has 0 atom stereocenters. The normalized spacial score (nSPS) is 10.1. The van der Waals surface area contributed by atoms with Gasteiger partial charge in [0.25, 0.3) is 0 Å². The number of ether oxygens (including phenoxy) is 3. The van der Waals surface area contributed by atoms with Crippen molar-refractivity contribution in [3.05, 3.63) is 48.0 Å². The first-order valence-corrected chi connectivity index (χ1v) is 7.59. The molecule has 0 saturated heterocycles. The first-order valence-electron chi connectivity index (χ1n) is 7.59. The molecule has 0 unspecified atom stereocenters. The SMILES string of the molecule is COc1cccc(CNc2ccccc2OCCC(N)=O)c1OC. The van der Waals surface area contributed by atoms with Gasteiger partial charge in [-0.2, -0.15) is 0 Å². The van der Waals surface area contributed by atoms with E-state index in [9.17, 15) is 4.79 Å². The molecule has 0 saturated carbocycles. The van der Waals surface area contributed by atoms with Crippen LogP contribution < -0.4 is 25.3 Å². The Bertz CT molecular complexity index is 688. The Morgan fingerprint density at radius 2 is 1.79 bits per heavy atom. The van der Waals surface area contributed by atoms with Crippen molar-refractivity contribution >= 4 is 11.6 Å². The number of primary amides is 1. The zero-order valence-electron chi connectivity index (χ0n) is 13.9. The predicted octanol–water partition coefficient (Wildman–Crippen LogP) is 2.57. The van der Waals surface area contributed by atoms with E-state index in [1.54, 1.807) is 14.2 Å². The van der Waals surface area contributed by atoms with Crippen LogP contribution in [0.3, 0.4) is 0 Å².